The molecule has 116 valence electrons. The van der Waals surface area contributed by atoms with Gasteiger partial charge >= 0.3 is 0 Å². The van der Waals surface area contributed by atoms with Gasteiger partial charge in [-0.25, -0.2) is 19.3 Å². The maximum absolute atomic E-state index is 12.9. The summed E-state index contributed by atoms with van der Waals surface area (Å²) in [5.74, 6) is 2.10. The van der Waals surface area contributed by atoms with E-state index in [9.17, 15) is 4.39 Å². The monoisotopic (exact) mass is 302 g/mol. The summed E-state index contributed by atoms with van der Waals surface area (Å²) in [5.41, 5.74) is 0. The van der Waals surface area contributed by atoms with Crippen LogP contribution in [0.3, 0.4) is 0 Å². The molecule has 0 aromatic carbocycles. The Labute approximate surface area is 128 Å². The van der Waals surface area contributed by atoms with Crippen LogP contribution in [0.1, 0.15) is 12.8 Å². The molecule has 0 amide bonds. The van der Waals surface area contributed by atoms with E-state index in [4.69, 9.17) is 0 Å². The third-order valence-electron chi connectivity index (χ3n) is 3.83. The Morgan fingerprint density at radius 1 is 1.27 bits per heavy atom. The summed E-state index contributed by atoms with van der Waals surface area (Å²) in [6.45, 7) is 1.72. The predicted octanol–water partition coefficient (Wildman–Crippen LogP) is 2.13. The van der Waals surface area contributed by atoms with E-state index in [0.29, 0.717) is 11.9 Å². The molecule has 3 heterocycles. The molecule has 1 aliphatic rings. The van der Waals surface area contributed by atoms with Crippen LogP contribution >= 0.6 is 0 Å². The van der Waals surface area contributed by atoms with E-state index in [2.05, 4.69) is 30.5 Å². The second-order valence-corrected chi connectivity index (χ2v) is 5.24. The molecule has 7 heteroatoms. The topological polar surface area (TPSA) is 66.0 Å². The number of rotatable bonds is 5. The Kier molecular flexibility index (Phi) is 4.32. The number of hydrogen-bond acceptors (Lipinski definition) is 6. The highest BCUT2D eigenvalue weighted by atomic mass is 19.1. The minimum absolute atomic E-state index is 0.325. The van der Waals surface area contributed by atoms with E-state index in [1.54, 1.807) is 12.4 Å². The summed E-state index contributed by atoms with van der Waals surface area (Å²) in [4.78, 5) is 14.8. The number of halogens is 1. The molecule has 1 fully saturated rings. The number of aromatic nitrogens is 3. The molecule has 1 aliphatic heterocycles. The quantitative estimate of drug-likeness (QED) is 0.882. The van der Waals surface area contributed by atoms with Crippen molar-refractivity contribution in [3.8, 4) is 0 Å². The van der Waals surface area contributed by atoms with Gasteiger partial charge in [0.25, 0.3) is 0 Å². The van der Waals surface area contributed by atoms with Crippen LogP contribution in [-0.4, -0.2) is 41.1 Å². The van der Waals surface area contributed by atoms with Crippen molar-refractivity contribution in [2.24, 2.45) is 0 Å². The largest absolute Gasteiger partial charge is 0.373 e. The molecule has 0 spiro atoms. The Balaban J connectivity index is 1.66. The van der Waals surface area contributed by atoms with Crippen LogP contribution in [-0.2, 0) is 0 Å². The van der Waals surface area contributed by atoms with Crippen LogP contribution in [0.15, 0.2) is 30.7 Å². The van der Waals surface area contributed by atoms with Crippen molar-refractivity contribution < 1.29 is 4.39 Å². The van der Waals surface area contributed by atoms with E-state index in [-0.39, 0.29) is 5.82 Å². The molecule has 0 bridgehead atoms. The molecule has 6 nitrogen and oxygen atoms in total. The van der Waals surface area contributed by atoms with E-state index in [0.717, 1.165) is 37.6 Å². The maximum Gasteiger partial charge on any atom is 0.141 e. The normalized spacial score (nSPS) is 17.5. The Morgan fingerprint density at radius 3 is 2.95 bits per heavy atom. The molecule has 2 aromatic rings. The molecule has 2 aromatic heterocycles. The zero-order chi connectivity index (χ0) is 15.4. The molecule has 3 rings (SSSR count). The Morgan fingerprint density at radius 2 is 2.18 bits per heavy atom. The van der Waals surface area contributed by atoms with E-state index in [1.165, 1.54) is 12.3 Å². The van der Waals surface area contributed by atoms with Gasteiger partial charge in [-0.2, -0.15) is 0 Å². The lowest BCUT2D eigenvalue weighted by Crippen LogP contribution is -2.35. The first kappa shape index (κ1) is 14.5. The zero-order valence-corrected chi connectivity index (χ0v) is 12.5. The second-order valence-electron chi connectivity index (χ2n) is 5.24. The summed E-state index contributed by atoms with van der Waals surface area (Å²) >= 11 is 0. The highest BCUT2D eigenvalue weighted by Crippen LogP contribution is 2.25. The summed E-state index contributed by atoms with van der Waals surface area (Å²) in [7, 11) is 1.84. The van der Waals surface area contributed by atoms with Crippen molar-refractivity contribution in [2.45, 2.75) is 18.9 Å². The third-order valence-corrected chi connectivity index (χ3v) is 3.83. The molecule has 0 unspecified atom stereocenters. The Hall–Kier alpha value is -2.44. The highest BCUT2D eigenvalue weighted by molar-refractivity contribution is 5.50. The van der Waals surface area contributed by atoms with Gasteiger partial charge in [0, 0.05) is 32.2 Å². The summed E-state index contributed by atoms with van der Waals surface area (Å²) in [6, 6.07) is 5.35. The standard InChI is InChI=1S/C15H19FN6/c1-17-14-7-15(21-10-20-14)22-6-2-3-12(22)9-19-13-5-4-11(16)8-18-13/h4-5,7-8,10,12H,2-3,6,9H2,1H3,(H,18,19)(H,17,20,21)/t12-/m1/s1. The fourth-order valence-corrected chi connectivity index (χ4v) is 2.69. The molecular formula is C15H19FN6. The minimum atomic E-state index is -0.325. The van der Waals surface area contributed by atoms with E-state index < -0.39 is 0 Å². The lowest BCUT2D eigenvalue weighted by Gasteiger charge is -2.26. The average molecular weight is 302 g/mol. The van der Waals surface area contributed by atoms with Crippen LogP contribution in [0.25, 0.3) is 0 Å². The van der Waals surface area contributed by atoms with Crippen molar-refractivity contribution in [1.29, 1.82) is 0 Å². The lowest BCUT2D eigenvalue weighted by molar-refractivity contribution is 0.621. The van der Waals surface area contributed by atoms with E-state index >= 15 is 0 Å². The first-order chi connectivity index (χ1) is 10.8. The van der Waals surface area contributed by atoms with Gasteiger partial charge < -0.3 is 15.5 Å². The highest BCUT2D eigenvalue weighted by Gasteiger charge is 2.25. The smallest absolute Gasteiger partial charge is 0.141 e. The number of hydrogen-bond donors (Lipinski definition) is 2. The second kappa shape index (κ2) is 6.55. The lowest BCUT2D eigenvalue weighted by atomic mass is 10.2. The van der Waals surface area contributed by atoms with Gasteiger partial charge in [0.2, 0.25) is 0 Å². The van der Waals surface area contributed by atoms with Gasteiger partial charge in [0.05, 0.1) is 6.20 Å². The average Bonchev–Trinajstić information content (AvgIpc) is 3.03. The number of nitrogens with zero attached hydrogens (tertiary/aromatic N) is 4. The Bertz CT molecular complexity index is 618. The van der Waals surface area contributed by atoms with Crippen LogP contribution in [0, 0.1) is 5.82 Å². The number of pyridine rings is 1. The SMILES string of the molecule is CNc1cc(N2CCC[C@@H]2CNc2ccc(F)cn2)ncn1. The molecular weight excluding hydrogens is 283 g/mol. The van der Waals surface area contributed by atoms with Crippen LogP contribution in [0.4, 0.5) is 21.8 Å². The number of nitrogens with one attached hydrogen (secondary N) is 2. The van der Waals surface area contributed by atoms with Gasteiger partial charge in [-0.15, -0.1) is 0 Å². The van der Waals surface area contributed by atoms with Gasteiger partial charge in [-0.05, 0) is 25.0 Å². The molecule has 0 radical (unpaired) electrons. The van der Waals surface area contributed by atoms with Gasteiger partial charge in [0.1, 0.15) is 29.6 Å². The summed E-state index contributed by atoms with van der Waals surface area (Å²) in [5, 5.41) is 6.29. The van der Waals surface area contributed by atoms with Crippen molar-refractivity contribution >= 4 is 17.5 Å². The van der Waals surface area contributed by atoms with Crippen molar-refractivity contribution in [3.63, 3.8) is 0 Å². The fraction of sp³-hybridized carbons (Fsp3) is 0.400. The van der Waals surface area contributed by atoms with Crippen molar-refractivity contribution in [2.75, 3.05) is 35.7 Å². The summed E-state index contributed by atoms with van der Waals surface area (Å²) in [6.07, 6.45) is 5.01. The molecule has 22 heavy (non-hydrogen) atoms. The van der Waals surface area contributed by atoms with Crippen molar-refractivity contribution in [1.82, 2.24) is 15.0 Å². The molecule has 1 atom stereocenters. The number of anilines is 3. The molecule has 0 saturated carbocycles. The fourth-order valence-electron chi connectivity index (χ4n) is 2.69. The molecule has 2 N–H and O–H groups in total. The first-order valence-electron chi connectivity index (χ1n) is 7.38. The third kappa shape index (κ3) is 3.24. The van der Waals surface area contributed by atoms with Crippen molar-refractivity contribution in [3.05, 3.63) is 36.5 Å². The maximum atomic E-state index is 12.9. The minimum Gasteiger partial charge on any atom is -0.373 e. The molecule has 1 saturated heterocycles. The van der Waals surface area contributed by atoms with Gasteiger partial charge in [0.15, 0.2) is 0 Å². The zero-order valence-electron chi connectivity index (χ0n) is 12.5. The predicted molar refractivity (Wildman–Crippen MR) is 84.6 cm³/mol. The van der Waals surface area contributed by atoms with E-state index in [1.807, 2.05) is 13.1 Å². The van der Waals surface area contributed by atoms with Crippen LogP contribution < -0.4 is 15.5 Å². The summed E-state index contributed by atoms with van der Waals surface area (Å²) < 4.78 is 12.9. The van der Waals surface area contributed by atoms with Crippen LogP contribution in [0.2, 0.25) is 0 Å². The van der Waals surface area contributed by atoms with Gasteiger partial charge in [-0.3, -0.25) is 0 Å². The first-order valence-corrected chi connectivity index (χ1v) is 7.38. The molecule has 0 aliphatic carbocycles. The van der Waals surface area contributed by atoms with Gasteiger partial charge in [-0.1, -0.05) is 0 Å². The van der Waals surface area contributed by atoms with Crippen LogP contribution in [0.5, 0.6) is 0 Å².